The highest BCUT2D eigenvalue weighted by atomic mass is 19.1. The molecule has 2 atom stereocenters. The van der Waals surface area contributed by atoms with Gasteiger partial charge in [-0.05, 0) is 6.92 Å². The fourth-order valence-corrected chi connectivity index (χ4v) is 2.19. The average Bonchev–Trinajstić information content (AvgIpc) is 2.73. The van der Waals surface area contributed by atoms with Gasteiger partial charge in [-0.2, -0.15) is 0 Å². The Balaban J connectivity index is 2.31. The van der Waals surface area contributed by atoms with E-state index >= 15 is 0 Å². The number of carbonyl (C=O) groups is 1. The zero-order valence-electron chi connectivity index (χ0n) is 10.0. The van der Waals surface area contributed by atoms with Crippen LogP contribution in [0.2, 0.25) is 0 Å². The number of pyridine rings is 1. The summed E-state index contributed by atoms with van der Waals surface area (Å²) < 4.78 is 13.3. The Kier molecular flexibility index (Phi) is 3.47. The van der Waals surface area contributed by atoms with E-state index in [1.807, 2.05) is 0 Å². The van der Waals surface area contributed by atoms with Gasteiger partial charge in [-0.1, -0.05) is 0 Å². The molecule has 1 saturated heterocycles. The molecule has 5 nitrogen and oxygen atoms in total. The molecule has 0 unspecified atom stereocenters. The molecule has 1 aliphatic heterocycles. The molecule has 1 aromatic rings. The maximum atomic E-state index is 13.3. The van der Waals surface area contributed by atoms with Crippen molar-refractivity contribution in [3.8, 4) is 0 Å². The van der Waals surface area contributed by atoms with Gasteiger partial charge in [-0.15, -0.1) is 0 Å². The molecular weight excluding hydrogens is 239 g/mol. The highest BCUT2D eigenvalue weighted by molar-refractivity contribution is 5.94. The zero-order valence-corrected chi connectivity index (χ0v) is 10.0. The van der Waals surface area contributed by atoms with Crippen molar-refractivity contribution in [3.63, 3.8) is 0 Å². The van der Waals surface area contributed by atoms with Crippen molar-refractivity contribution in [1.29, 1.82) is 0 Å². The normalized spacial score (nSPS) is 23.4. The summed E-state index contributed by atoms with van der Waals surface area (Å²) in [4.78, 5) is 27.9. The SMILES string of the molecule is Cc1c[nH]cc(C(=O)N2C[C@@H](F)C[C@H]2CO)c1=O. The average molecular weight is 254 g/mol. The Morgan fingerprint density at radius 3 is 3.00 bits per heavy atom. The number of carbonyl (C=O) groups excluding carboxylic acids is 1. The lowest BCUT2D eigenvalue weighted by molar-refractivity contribution is 0.0671. The topological polar surface area (TPSA) is 73.4 Å². The van der Waals surface area contributed by atoms with Gasteiger partial charge in [0.25, 0.3) is 5.91 Å². The van der Waals surface area contributed by atoms with Crippen LogP contribution < -0.4 is 5.43 Å². The lowest BCUT2D eigenvalue weighted by Crippen LogP contribution is -2.40. The van der Waals surface area contributed by atoms with Gasteiger partial charge in [-0.3, -0.25) is 9.59 Å². The summed E-state index contributed by atoms with van der Waals surface area (Å²) in [5.41, 5.74) is 0.0534. The Bertz CT molecular complexity index is 514. The van der Waals surface area contributed by atoms with E-state index in [4.69, 9.17) is 5.11 Å². The quantitative estimate of drug-likeness (QED) is 0.793. The van der Waals surface area contributed by atoms with Crippen LogP contribution in [0.4, 0.5) is 4.39 Å². The number of nitrogens with one attached hydrogen (secondary N) is 1. The van der Waals surface area contributed by atoms with Crippen molar-refractivity contribution in [1.82, 2.24) is 9.88 Å². The summed E-state index contributed by atoms with van der Waals surface area (Å²) in [5.74, 6) is -0.529. The highest BCUT2D eigenvalue weighted by Crippen LogP contribution is 2.21. The molecule has 0 radical (unpaired) electrons. The van der Waals surface area contributed by atoms with Crippen molar-refractivity contribution in [2.45, 2.75) is 25.6 Å². The number of hydrogen-bond acceptors (Lipinski definition) is 3. The van der Waals surface area contributed by atoms with Gasteiger partial charge in [0, 0.05) is 24.4 Å². The molecule has 6 heteroatoms. The number of rotatable bonds is 2. The fourth-order valence-electron chi connectivity index (χ4n) is 2.19. The van der Waals surface area contributed by atoms with Gasteiger partial charge in [0.1, 0.15) is 11.7 Å². The van der Waals surface area contributed by atoms with Crippen LogP contribution in [0.3, 0.4) is 0 Å². The number of aliphatic hydroxyl groups is 1. The second-order valence-electron chi connectivity index (χ2n) is 4.51. The minimum atomic E-state index is -1.14. The Labute approximate surface area is 103 Å². The van der Waals surface area contributed by atoms with Gasteiger partial charge >= 0.3 is 0 Å². The van der Waals surface area contributed by atoms with Crippen molar-refractivity contribution in [2.24, 2.45) is 0 Å². The van der Waals surface area contributed by atoms with E-state index in [9.17, 15) is 14.0 Å². The van der Waals surface area contributed by atoms with Gasteiger partial charge in [0.05, 0.1) is 19.2 Å². The van der Waals surface area contributed by atoms with E-state index in [-0.39, 0.29) is 30.6 Å². The van der Waals surface area contributed by atoms with E-state index < -0.39 is 18.1 Å². The minimum absolute atomic E-state index is 0.0115. The third kappa shape index (κ3) is 2.15. The molecule has 98 valence electrons. The third-order valence-corrected chi connectivity index (χ3v) is 3.20. The first-order valence-electron chi connectivity index (χ1n) is 5.78. The number of aryl methyl sites for hydroxylation is 1. The maximum Gasteiger partial charge on any atom is 0.259 e. The summed E-state index contributed by atoms with van der Waals surface area (Å²) >= 11 is 0. The number of hydrogen-bond donors (Lipinski definition) is 2. The molecule has 18 heavy (non-hydrogen) atoms. The van der Waals surface area contributed by atoms with Gasteiger partial charge in [-0.25, -0.2) is 4.39 Å². The molecule has 2 N–H and O–H groups in total. The zero-order chi connectivity index (χ0) is 13.3. The molecule has 0 saturated carbocycles. The minimum Gasteiger partial charge on any atom is -0.394 e. The molecule has 0 spiro atoms. The Morgan fingerprint density at radius 2 is 2.33 bits per heavy atom. The van der Waals surface area contributed by atoms with Crippen molar-refractivity contribution < 1.29 is 14.3 Å². The van der Waals surface area contributed by atoms with Crippen LogP contribution in [0, 0.1) is 6.92 Å². The lowest BCUT2D eigenvalue weighted by atomic mass is 10.1. The highest BCUT2D eigenvalue weighted by Gasteiger charge is 2.36. The van der Waals surface area contributed by atoms with E-state index in [0.29, 0.717) is 5.56 Å². The molecule has 0 aromatic carbocycles. The third-order valence-electron chi connectivity index (χ3n) is 3.20. The van der Waals surface area contributed by atoms with Crippen molar-refractivity contribution in [3.05, 3.63) is 33.7 Å². The molecule has 2 rings (SSSR count). The monoisotopic (exact) mass is 254 g/mol. The summed E-state index contributed by atoms with van der Waals surface area (Å²) in [5, 5.41) is 9.13. The molecule has 0 aliphatic carbocycles. The summed E-state index contributed by atoms with van der Waals surface area (Å²) in [6.07, 6.45) is 1.80. The van der Waals surface area contributed by atoms with Crippen LogP contribution in [-0.2, 0) is 0 Å². The first kappa shape index (κ1) is 12.8. The Morgan fingerprint density at radius 1 is 1.61 bits per heavy atom. The molecule has 1 aliphatic rings. The van der Waals surface area contributed by atoms with Crippen molar-refractivity contribution >= 4 is 5.91 Å². The Hall–Kier alpha value is -1.69. The number of aromatic amines is 1. The van der Waals surface area contributed by atoms with E-state index in [1.165, 1.54) is 17.3 Å². The number of alkyl halides is 1. The van der Waals surface area contributed by atoms with Gasteiger partial charge in [0.15, 0.2) is 5.43 Å². The van der Waals surface area contributed by atoms with Crippen LogP contribution in [0.25, 0.3) is 0 Å². The summed E-state index contributed by atoms with van der Waals surface area (Å²) in [6.45, 7) is 1.23. The lowest BCUT2D eigenvalue weighted by Gasteiger charge is -2.22. The van der Waals surface area contributed by atoms with E-state index in [1.54, 1.807) is 6.92 Å². The predicted molar refractivity (Wildman–Crippen MR) is 63.2 cm³/mol. The molecule has 1 aromatic heterocycles. The standard InChI is InChI=1S/C12H15FN2O3/c1-7-3-14-4-10(11(7)17)12(18)15-5-8(13)2-9(15)6-16/h3-4,8-9,16H,2,5-6H2,1H3,(H,14,17)/t8-,9-/m0/s1. The summed E-state index contributed by atoms with van der Waals surface area (Å²) in [6, 6.07) is -0.549. The first-order valence-corrected chi connectivity index (χ1v) is 5.78. The van der Waals surface area contributed by atoms with Crippen LogP contribution in [0.15, 0.2) is 17.2 Å². The second kappa shape index (κ2) is 4.89. The van der Waals surface area contributed by atoms with E-state index in [2.05, 4.69) is 4.98 Å². The van der Waals surface area contributed by atoms with Crippen molar-refractivity contribution in [2.75, 3.05) is 13.2 Å². The second-order valence-corrected chi connectivity index (χ2v) is 4.51. The number of likely N-dealkylation sites (tertiary alicyclic amines) is 1. The molecule has 0 bridgehead atoms. The number of amides is 1. The number of aromatic nitrogens is 1. The number of nitrogens with zero attached hydrogens (tertiary/aromatic N) is 1. The molecular formula is C12H15FN2O3. The predicted octanol–water partition coefficient (Wildman–Crippen LogP) is 0.228. The smallest absolute Gasteiger partial charge is 0.259 e. The summed E-state index contributed by atoms with van der Waals surface area (Å²) in [7, 11) is 0. The number of H-pyrrole nitrogens is 1. The van der Waals surface area contributed by atoms with Gasteiger partial charge < -0.3 is 15.0 Å². The fraction of sp³-hybridized carbons (Fsp3) is 0.500. The van der Waals surface area contributed by atoms with Gasteiger partial charge in [0.2, 0.25) is 0 Å². The molecule has 2 heterocycles. The first-order chi connectivity index (χ1) is 8.54. The largest absolute Gasteiger partial charge is 0.394 e. The maximum absolute atomic E-state index is 13.3. The van der Waals surface area contributed by atoms with Crippen LogP contribution in [0.5, 0.6) is 0 Å². The molecule has 1 amide bonds. The van der Waals surface area contributed by atoms with Crippen LogP contribution in [0.1, 0.15) is 22.3 Å². The van der Waals surface area contributed by atoms with Crippen LogP contribution >= 0.6 is 0 Å². The van der Waals surface area contributed by atoms with E-state index in [0.717, 1.165) is 0 Å². The molecule has 1 fully saturated rings. The number of aliphatic hydroxyl groups excluding tert-OH is 1. The van der Waals surface area contributed by atoms with Crippen LogP contribution in [-0.4, -0.2) is 46.3 Å². The number of halogens is 1.